The van der Waals surface area contributed by atoms with Gasteiger partial charge >= 0.3 is 17.9 Å². The lowest BCUT2D eigenvalue weighted by Gasteiger charge is -2.26. The maximum atomic E-state index is 12.9. The van der Waals surface area contributed by atoms with Crippen molar-refractivity contribution >= 4 is 35.6 Å². The van der Waals surface area contributed by atoms with Crippen LogP contribution in [0.2, 0.25) is 0 Å². The first kappa shape index (κ1) is 30.8. The zero-order valence-electron chi connectivity index (χ0n) is 20.3. The second kappa shape index (κ2) is 14.4. The van der Waals surface area contributed by atoms with Crippen molar-refractivity contribution in [2.75, 3.05) is 0 Å². The average molecular weight is 525 g/mol. The van der Waals surface area contributed by atoms with Crippen molar-refractivity contribution in [1.82, 2.24) is 16.0 Å². The summed E-state index contributed by atoms with van der Waals surface area (Å²) >= 11 is 0. The fraction of sp³-hybridized carbons (Fsp3) is 0.478. The molecule has 0 bridgehead atoms. The number of phenols is 1. The van der Waals surface area contributed by atoms with Crippen LogP contribution in [0.25, 0.3) is 0 Å². The Balaban J connectivity index is 2.96. The molecule has 14 nitrogen and oxygen atoms in total. The van der Waals surface area contributed by atoms with Gasteiger partial charge < -0.3 is 42.1 Å². The third-order valence-corrected chi connectivity index (χ3v) is 5.26. The lowest BCUT2D eigenvalue weighted by atomic mass is 10.0. The predicted octanol–water partition coefficient (Wildman–Crippen LogP) is -1.20. The first-order valence-electron chi connectivity index (χ1n) is 11.3. The highest BCUT2D eigenvalue weighted by molar-refractivity contribution is 5.95. The van der Waals surface area contributed by atoms with Crippen LogP contribution in [-0.2, 0) is 35.2 Å². The number of phenolic OH excluding ortho intramolecular Hbond substituents is 1. The number of carboxylic acid groups (broad SMARTS) is 3. The van der Waals surface area contributed by atoms with Crippen molar-refractivity contribution in [2.45, 2.75) is 63.7 Å². The molecule has 0 heterocycles. The molecule has 0 saturated carbocycles. The summed E-state index contributed by atoms with van der Waals surface area (Å²) in [6.07, 6.45) is -1.65. The van der Waals surface area contributed by atoms with Gasteiger partial charge in [0.25, 0.3) is 0 Å². The highest BCUT2D eigenvalue weighted by Gasteiger charge is 2.33. The van der Waals surface area contributed by atoms with E-state index in [1.54, 1.807) is 13.8 Å². The zero-order valence-corrected chi connectivity index (χ0v) is 20.3. The van der Waals surface area contributed by atoms with Gasteiger partial charge in [-0.25, -0.2) is 4.79 Å². The number of carbonyl (C=O) groups is 6. The summed E-state index contributed by atoms with van der Waals surface area (Å²) < 4.78 is 0. The monoisotopic (exact) mass is 524 g/mol. The van der Waals surface area contributed by atoms with Crippen molar-refractivity contribution < 1.29 is 49.2 Å². The van der Waals surface area contributed by atoms with E-state index in [9.17, 15) is 39.0 Å². The number of rotatable bonds is 15. The fourth-order valence-corrected chi connectivity index (χ4v) is 3.19. The molecule has 1 rings (SSSR count). The maximum Gasteiger partial charge on any atom is 0.326 e. The van der Waals surface area contributed by atoms with Crippen LogP contribution in [0, 0.1) is 5.92 Å². The minimum atomic E-state index is -1.64. The molecule has 4 unspecified atom stereocenters. The number of aliphatic carboxylic acids is 3. The van der Waals surface area contributed by atoms with E-state index in [0.29, 0.717) is 5.56 Å². The second-order valence-corrected chi connectivity index (χ2v) is 8.70. The van der Waals surface area contributed by atoms with Crippen LogP contribution in [0.15, 0.2) is 24.3 Å². The van der Waals surface area contributed by atoms with Crippen LogP contribution in [0.3, 0.4) is 0 Å². The molecule has 0 aliphatic heterocycles. The molecule has 9 N–H and O–H groups in total. The molecule has 204 valence electrons. The molecule has 0 fully saturated rings. The first-order valence-corrected chi connectivity index (χ1v) is 11.3. The average Bonchev–Trinajstić information content (AvgIpc) is 2.80. The van der Waals surface area contributed by atoms with E-state index in [4.69, 9.17) is 15.9 Å². The van der Waals surface area contributed by atoms with Crippen molar-refractivity contribution in [2.24, 2.45) is 11.7 Å². The van der Waals surface area contributed by atoms with Gasteiger partial charge in [0.1, 0.15) is 23.9 Å². The Morgan fingerprint density at radius 2 is 1.38 bits per heavy atom. The molecule has 0 radical (unpaired) electrons. The van der Waals surface area contributed by atoms with E-state index in [1.165, 1.54) is 24.3 Å². The largest absolute Gasteiger partial charge is 0.508 e. The number of amides is 3. The van der Waals surface area contributed by atoms with Gasteiger partial charge in [0, 0.05) is 12.8 Å². The summed E-state index contributed by atoms with van der Waals surface area (Å²) in [5.74, 6) is -7.40. The minimum absolute atomic E-state index is 0.0203. The molecule has 0 aliphatic carbocycles. The number of carbonyl (C=O) groups excluding carboxylic acids is 3. The van der Waals surface area contributed by atoms with E-state index in [0.717, 1.165) is 0 Å². The standard InChI is InChI=1S/C23H32N4O10/c1-11(2)19(22(35)26-16(23(36)37)9-12-3-5-13(28)6-4-12)27-21(34)15(10-18(31)32)25-20(33)14(24)7-8-17(29)30/h3-6,11,14-16,19,28H,7-10,24H2,1-2H3,(H,25,33)(H,26,35)(H,27,34)(H,29,30)(H,31,32)(H,36,37). The quantitative estimate of drug-likeness (QED) is 0.135. The first-order chi connectivity index (χ1) is 17.2. The van der Waals surface area contributed by atoms with Crippen molar-refractivity contribution in [3.63, 3.8) is 0 Å². The third-order valence-electron chi connectivity index (χ3n) is 5.26. The topological polar surface area (TPSA) is 245 Å². The van der Waals surface area contributed by atoms with Crippen molar-refractivity contribution in [3.8, 4) is 5.75 Å². The Hall–Kier alpha value is -4.20. The van der Waals surface area contributed by atoms with Gasteiger partial charge in [-0.3, -0.25) is 24.0 Å². The van der Waals surface area contributed by atoms with Crippen LogP contribution in [0.5, 0.6) is 5.75 Å². The Kier molecular flexibility index (Phi) is 12.0. The highest BCUT2D eigenvalue weighted by Crippen LogP contribution is 2.12. The normalized spacial score (nSPS) is 14.1. The summed E-state index contributed by atoms with van der Waals surface area (Å²) in [4.78, 5) is 71.6. The van der Waals surface area contributed by atoms with Gasteiger partial charge in [-0.1, -0.05) is 26.0 Å². The molecular formula is C23H32N4O10. The molecule has 0 aromatic heterocycles. The second-order valence-electron chi connectivity index (χ2n) is 8.70. The molecule has 37 heavy (non-hydrogen) atoms. The van der Waals surface area contributed by atoms with Crippen LogP contribution < -0.4 is 21.7 Å². The summed E-state index contributed by atoms with van der Waals surface area (Å²) in [6, 6.07) is 0.0664. The zero-order chi connectivity index (χ0) is 28.3. The summed E-state index contributed by atoms with van der Waals surface area (Å²) in [7, 11) is 0. The third kappa shape index (κ3) is 10.9. The number of benzene rings is 1. The smallest absolute Gasteiger partial charge is 0.326 e. The highest BCUT2D eigenvalue weighted by atomic mass is 16.4. The number of hydrogen-bond donors (Lipinski definition) is 8. The van der Waals surface area contributed by atoms with Crippen LogP contribution in [-0.4, -0.2) is 80.2 Å². The van der Waals surface area contributed by atoms with Gasteiger partial charge in [-0.2, -0.15) is 0 Å². The van der Waals surface area contributed by atoms with E-state index in [-0.39, 0.29) is 18.6 Å². The molecule has 0 saturated heterocycles. The van der Waals surface area contributed by atoms with Crippen molar-refractivity contribution in [3.05, 3.63) is 29.8 Å². The van der Waals surface area contributed by atoms with Crippen LogP contribution in [0.1, 0.15) is 38.7 Å². The number of nitrogens with two attached hydrogens (primary N) is 1. The number of aromatic hydroxyl groups is 1. The van der Waals surface area contributed by atoms with E-state index in [2.05, 4.69) is 16.0 Å². The fourth-order valence-electron chi connectivity index (χ4n) is 3.19. The van der Waals surface area contributed by atoms with Gasteiger partial charge in [-0.05, 0) is 30.0 Å². The molecule has 1 aromatic rings. The molecule has 0 aliphatic rings. The lowest BCUT2D eigenvalue weighted by molar-refractivity contribution is -0.143. The number of nitrogens with one attached hydrogen (secondary N) is 3. The lowest BCUT2D eigenvalue weighted by Crippen LogP contribution is -2.59. The number of carboxylic acids is 3. The van der Waals surface area contributed by atoms with E-state index < -0.39 is 78.6 Å². The Morgan fingerprint density at radius 1 is 0.811 bits per heavy atom. The Bertz CT molecular complexity index is 996. The summed E-state index contributed by atoms with van der Waals surface area (Å²) in [5.41, 5.74) is 6.12. The van der Waals surface area contributed by atoms with Crippen LogP contribution in [0.4, 0.5) is 0 Å². The number of hydrogen-bond acceptors (Lipinski definition) is 8. The SMILES string of the molecule is CC(C)C(NC(=O)C(CC(=O)O)NC(=O)C(N)CCC(=O)O)C(=O)NC(Cc1ccc(O)cc1)C(=O)O. The minimum Gasteiger partial charge on any atom is -0.508 e. The molecule has 1 aromatic carbocycles. The Labute approximate surface area is 212 Å². The molecular weight excluding hydrogens is 492 g/mol. The summed E-state index contributed by atoms with van der Waals surface area (Å²) in [5, 5.41) is 43.6. The van der Waals surface area contributed by atoms with Crippen LogP contribution >= 0.6 is 0 Å². The summed E-state index contributed by atoms with van der Waals surface area (Å²) in [6.45, 7) is 3.12. The van der Waals surface area contributed by atoms with E-state index >= 15 is 0 Å². The molecule has 4 atom stereocenters. The predicted molar refractivity (Wildman–Crippen MR) is 127 cm³/mol. The van der Waals surface area contributed by atoms with Gasteiger partial charge in [0.2, 0.25) is 17.7 Å². The maximum absolute atomic E-state index is 12.9. The molecule has 3 amide bonds. The van der Waals surface area contributed by atoms with Gasteiger partial charge in [-0.15, -0.1) is 0 Å². The van der Waals surface area contributed by atoms with Crippen molar-refractivity contribution in [1.29, 1.82) is 0 Å². The molecule has 14 heteroatoms. The molecule has 0 spiro atoms. The van der Waals surface area contributed by atoms with E-state index in [1.807, 2.05) is 0 Å². The van der Waals surface area contributed by atoms with Gasteiger partial charge in [0.05, 0.1) is 12.5 Å². The Morgan fingerprint density at radius 3 is 1.86 bits per heavy atom. The van der Waals surface area contributed by atoms with Gasteiger partial charge in [0.15, 0.2) is 0 Å².